The number of hydrogen-bond donors (Lipinski definition) is 1. The molecule has 1 aliphatic carbocycles. The molecule has 0 radical (unpaired) electrons. The van der Waals surface area contributed by atoms with Gasteiger partial charge in [-0.1, -0.05) is 42.5 Å². The highest BCUT2D eigenvalue weighted by molar-refractivity contribution is 6.37. The van der Waals surface area contributed by atoms with Crippen LogP contribution in [0.4, 0.5) is 5.69 Å². The molecule has 0 saturated carbocycles. The number of hydrazone groups is 1. The quantitative estimate of drug-likeness (QED) is 0.849. The molecule has 0 saturated heterocycles. The first-order valence-corrected chi connectivity index (χ1v) is 7.81. The maximum atomic E-state index is 12.9. The van der Waals surface area contributed by atoms with Crippen LogP contribution in [-0.4, -0.2) is 33.9 Å². The molecular weight excluding hydrogens is 320 g/mol. The van der Waals surface area contributed by atoms with Crippen LogP contribution in [0.25, 0.3) is 0 Å². The Labute approximate surface area is 143 Å². The van der Waals surface area contributed by atoms with E-state index in [2.05, 4.69) is 5.10 Å². The van der Waals surface area contributed by atoms with Gasteiger partial charge < -0.3 is 5.11 Å². The predicted molar refractivity (Wildman–Crippen MR) is 90.6 cm³/mol. The third kappa shape index (κ3) is 1.94. The lowest BCUT2D eigenvalue weighted by molar-refractivity contribution is -0.123. The van der Waals surface area contributed by atoms with E-state index in [1.165, 1.54) is 19.1 Å². The summed E-state index contributed by atoms with van der Waals surface area (Å²) in [6.07, 6.45) is 0. The van der Waals surface area contributed by atoms with E-state index in [4.69, 9.17) is 0 Å². The van der Waals surface area contributed by atoms with Crippen LogP contribution in [0.1, 0.15) is 27.6 Å². The number of ketones is 2. The van der Waals surface area contributed by atoms with E-state index < -0.39 is 29.0 Å². The summed E-state index contributed by atoms with van der Waals surface area (Å²) in [5.41, 5.74) is -1.44. The molecule has 0 spiro atoms. The molecule has 6 nitrogen and oxygen atoms in total. The first kappa shape index (κ1) is 15.4. The van der Waals surface area contributed by atoms with E-state index >= 15 is 0 Å². The van der Waals surface area contributed by atoms with E-state index in [0.717, 1.165) is 5.01 Å². The number of benzene rings is 2. The number of Topliss-reactive ketones (excluding diaryl/α,β-unsaturated/α-hetero) is 2. The molecule has 2 aromatic rings. The number of nitrogens with zero attached hydrogens (tertiary/aromatic N) is 2. The lowest BCUT2D eigenvalue weighted by Crippen LogP contribution is -2.54. The van der Waals surface area contributed by atoms with Crippen molar-refractivity contribution in [3.05, 3.63) is 65.7 Å². The zero-order valence-corrected chi connectivity index (χ0v) is 13.3. The Morgan fingerprint density at radius 1 is 0.920 bits per heavy atom. The monoisotopic (exact) mass is 334 g/mol. The third-order valence-electron chi connectivity index (χ3n) is 4.66. The number of amides is 1. The molecule has 25 heavy (non-hydrogen) atoms. The summed E-state index contributed by atoms with van der Waals surface area (Å²) in [5.74, 6) is -3.44. The lowest BCUT2D eigenvalue weighted by atomic mass is 9.80. The Hall–Kier alpha value is -3.12. The highest BCUT2D eigenvalue weighted by Gasteiger charge is 2.62. The number of aliphatic hydroxyl groups is 1. The van der Waals surface area contributed by atoms with E-state index in [9.17, 15) is 19.5 Å². The van der Waals surface area contributed by atoms with Crippen molar-refractivity contribution in [2.75, 3.05) is 5.01 Å². The zero-order chi connectivity index (χ0) is 17.8. The van der Waals surface area contributed by atoms with Crippen molar-refractivity contribution in [2.45, 2.75) is 12.5 Å². The van der Waals surface area contributed by atoms with Crippen molar-refractivity contribution in [1.82, 2.24) is 0 Å². The maximum absolute atomic E-state index is 12.9. The summed E-state index contributed by atoms with van der Waals surface area (Å²) in [5, 5.41) is 16.3. The minimum atomic E-state index is -2.45. The molecule has 0 bridgehead atoms. The van der Waals surface area contributed by atoms with Crippen LogP contribution in [0, 0.1) is 5.92 Å². The summed E-state index contributed by atoms with van der Waals surface area (Å²) in [7, 11) is 0. The van der Waals surface area contributed by atoms with Crippen LogP contribution in [0.5, 0.6) is 0 Å². The van der Waals surface area contributed by atoms with E-state index in [-0.39, 0.29) is 16.8 Å². The molecule has 2 aromatic carbocycles. The van der Waals surface area contributed by atoms with Gasteiger partial charge in [0, 0.05) is 11.1 Å². The van der Waals surface area contributed by atoms with Gasteiger partial charge in [-0.3, -0.25) is 14.4 Å². The van der Waals surface area contributed by atoms with Gasteiger partial charge in [-0.05, 0) is 19.1 Å². The fraction of sp³-hybridized carbons (Fsp3) is 0.158. The lowest BCUT2D eigenvalue weighted by Gasteiger charge is -2.25. The molecule has 1 N–H and O–H groups in total. The smallest absolute Gasteiger partial charge is 0.260 e. The van der Waals surface area contributed by atoms with Gasteiger partial charge in [0.25, 0.3) is 5.91 Å². The van der Waals surface area contributed by atoms with Gasteiger partial charge in [-0.2, -0.15) is 5.10 Å². The molecule has 2 aliphatic rings. The van der Waals surface area contributed by atoms with Gasteiger partial charge in [0.1, 0.15) is 5.92 Å². The first-order valence-electron chi connectivity index (χ1n) is 7.81. The van der Waals surface area contributed by atoms with Crippen molar-refractivity contribution in [3.8, 4) is 0 Å². The Morgan fingerprint density at radius 3 is 2.00 bits per heavy atom. The zero-order valence-electron chi connectivity index (χ0n) is 13.3. The molecule has 1 atom stereocenters. The number of hydrogen-bond acceptors (Lipinski definition) is 5. The first-order chi connectivity index (χ1) is 12.0. The predicted octanol–water partition coefficient (Wildman–Crippen LogP) is 1.84. The second-order valence-corrected chi connectivity index (χ2v) is 6.13. The van der Waals surface area contributed by atoms with E-state index in [1.54, 1.807) is 42.5 Å². The summed E-state index contributed by atoms with van der Waals surface area (Å²) < 4.78 is 0. The number of carbonyl (C=O) groups is 3. The van der Waals surface area contributed by atoms with Gasteiger partial charge in [-0.15, -0.1) is 0 Å². The van der Waals surface area contributed by atoms with Crippen LogP contribution in [-0.2, 0) is 4.79 Å². The highest BCUT2D eigenvalue weighted by atomic mass is 16.3. The Morgan fingerprint density at radius 2 is 1.44 bits per heavy atom. The standard InChI is InChI=1S/C19H14N2O4/c1-11-15(18(24)21(20-11)12-7-3-2-4-8-12)19(25)16(22)13-9-5-6-10-14(13)17(19)23/h2-10,15,25H,1H3. The van der Waals surface area contributed by atoms with Gasteiger partial charge in [0.15, 0.2) is 0 Å². The third-order valence-corrected chi connectivity index (χ3v) is 4.66. The normalized spacial score (nSPS) is 21.5. The summed E-state index contributed by atoms with van der Waals surface area (Å²) in [6, 6.07) is 14.9. The fourth-order valence-corrected chi connectivity index (χ4v) is 3.46. The number of fused-ring (bicyclic) bond motifs is 1. The summed E-state index contributed by atoms with van der Waals surface area (Å²) in [4.78, 5) is 38.4. The number of rotatable bonds is 2. The molecule has 0 fully saturated rings. The molecule has 1 aliphatic heterocycles. The Kier molecular flexibility index (Phi) is 3.20. The maximum Gasteiger partial charge on any atom is 0.260 e. The van der Waals surface area contributed by atoms with E-state index in [0.29, 0.717) is 5.69 Å². The van der Waals surface area contributed by atoms with Crippen LogP contribution < -0.4 is 5.01 Å². The van der Waals surface area contributed by atoms with Gasteiger partial charge >= 0.3 is 0 Å². The number of carbonyl (C=O) groups excluding carboxylic acids is 3. The largest absolute Gasteiger partial charge is 0.373 e. The molecule has 4 rings (SSSR count). The van der Waals surface area contributed by atoms with Crippen molar-refractivity contribution in [2.24, 2.45) is 11.0 Å². The van der Waals surface area contributed by atoms with Crippen LogP contribution in [0.15, 0.2) is 59.7 Å². The molecule has 1 unspecified atom stereocenters. The van der Waals surface area contributed by atoms with Crippen molar-refractivity contribution in [1.29, 1.82) is 0 Å². The van der Waals surface area contributed by atoms with E-state index in [1.807, 2.05) is 0 Å². The van der Waals surface area contributed by atoms with Crippen molar-refractivity contribution in [3.63, 3.8) is 0 Å². The van der Waals surface area contributed by atoms with Crippen molar-refractivity contribution >= 4 is 28.9 Å². The van der Waals surface area contributed by atoms with Crippen LogP contribution in [0.3, 0.4) is 0 Å². The molecular formula is C19H14N2O4. The van der Waals surface area contributed by atoms with Gasteiger partial charge in [0.2, 0.25) is 17.2 Å². The fourth-order valence-electron chi connectivity index (χ4n) is 3.46. The minimum Gasteiger partial charge on any atom is -0.373 e. The summed E-state index contributed by atoms with van der Waals surface area (Å²) in [6.45, 7) is 1.53. The molecule has 124 valence electrons. The number of anilines is 1. The van der Waals surface area contributed by atoms with Crippen LogP contribution in [0.2, 0.25) is 0 Å². The minimum absolute atomic E-state index is 0.133. The molecule has 1 heterocycles. The average Bonchev–Trinajstić information content (AvgIpc) is 3.04. The molecule has 0 aromatic heterocycles. The second-order valence-electron chi connectivity index (χ2n) is 6.13. The second kappa shape index (κ2) is 5.19. The molecule has 6 heteroatoms. The molecule has 1 amide bonds. The van der Waals surface area contributed by atoms with Gasteiger partial charge in [-0.25, -0.2) is 5.01 Å². The average molecular weight is 334 g/mol. The SMILES string of the molecule is CC1=NN(c2ccccc2)C(=O)C1C1(O)C(=O)c2ccccc2C1=O. The topological polar surface area (TPSA) is 87.0 Å². The van der Waals surface area contributed by atoms with Crippen LogP contribution >= 0.6 is 0 Å². The summed E-state index contributed by atoms with van der Waals surface area (Å²) >= 11 is 0. The van der Waals surface area contributed by atoms with Crippen molar-refractivity contribution < 1.29 is 19.5 Å². The number of para-hydroxylation sites is 1. The highest BCUT2D eigenvalue weighted by Crippen LogP contribution is 2.39. The Balaban J connectivity index is 1.79. The van der Waals surface area contributed by atoms with Gasteiger partial charge in [0.05, 0.1) is 11.4 Å². The Bertz CT molecular complexity index is 914.